The van der Waals surface area contributed by atoms with Crippen LogP contribution in [-0.2, 0) is 12.8 Å². The van der Waals surface area contributed by atoms with Crippen molar-refractivity contribution in [3.8, 4) is 10.6 Å². The van der Waals surface area contributed by atoms with E-state index in [1.54, 1.807) is 11.3 Å². The maximum absolute atomic E-state index is 4.52. The summed E-state index contributed by atoms with van der Waals surface area (Å²) in [6, 6.07) is 6.40. The molecule has 2 heterocycles. The highest BCUT2D eigenvalue weighted by molar-refractivity contribution is 9.11. The molecular weight excluding hydrogens is 270 g/mol. The molecule has 0 bridgehead atoms. The third kappa shape index (κ3) is 1.64. The molecule has 0 amide bonds. The molecule has 0 unspecified atom stereocenters. The minimum atomic E-state index is 1.18. The first-order valence-corrected chi connectivity index (χ1v) is 6.68. The van der Waals surface area contributed by atoms with Crippen LogP contribution < -0.4 is 0 Å². The number of aryl methyl sites for hydroxylation is 1. The molecule has 0 saturated heterocycles. The summed E-state index contributed by atoms with van der Waals surface area (Å²) in [5.41, 5.74) is 4.15. The fourth-order valence-electron chi connectivity index (χ4n) is 2.16. The van der Waals surface area contributed by atoms with E-state index in [1.807, 2.05) is 6.20 Å². The summed E-state index contributed by atoms with van der Waals surface area (Å²) in [5.74, 6) is 0. The van der Waals surface area contributed by atoms with Crippen LogP contribution in [0.3, 0.4) is 0 Å². The number of pyridine rings is 1. The van der Waals surface area contributed by atoms with Gasteiger partial charge in [-0.1, -0.05) is 0 Å². The standard InChI is InChI=1S/C12H10BrNS/c13-11-5-4-10(15-11)12-9-3-1-2-8(9)6-7-14-12/h4-7H,1-3H2. The number of aromatic nitrogens is 1. The van der Waals surface area contributed by atoms with Gasteiger partial charge in [-0.3, -0.25) is 4.98 Å². The van der Waals surface area contributed by atoms with Crippen LogP contribution >= 0.6 is 27.3 Å². The van der Waals surface area contributed by atoms with Crippen LogP contribution in [0.15, 0.2) is 28.2 Å². The zero-order valence-electron chi connectivity index (χ0n) is 8.16. The van der Waals surface area contributed by atoms with Crippen molar-refractivity contribution in [3.05, 3.63) is 39.3 Å². The Bertz CT molecular complexity index is 504. The third-order valence-electron chi connectivity index (χ3n) is 2.83. The molecule has 15 heavy (non-hydrogen) atoms. The van der Waals surface area contributed by atoms with E-state index in [0.717, 1.165) is 0 Å². The number of rotatable bonds is 1. The summed E-state index contributed by atoms with van der Waals surface area (Å²) in [4.78, 5) is 5.80. The van der Waals surface area contributed by atoms with Crippen molar-refractivity contribution in [1.29, 1.82) is 0 Å². The fourth-order valence-corrected chi connectivity index (χ4v) is 3.57. The van der Waals surface area contributed by atoms with Crippen molar-refractivity contribution in [2.45, 2.75) is 19.3 Å². The summed E-state index contributed by atoms with van der Waals surface area (Å²) in [7, 11) is 0. The first kappa shape index (κ1) is 9.55. The summed E-state index contributed by atoms with van der Waals surface area (Å²) < 4.78 is 1.18. The topological polar surface area (TPSA) is 12.9 Å². The van der Waals surface area contributed by atoms with Gasteiger partial charge in [0.15, 0.2) is 0 Å². The van der Waals surface area contributed by atoms with Crippen LogP contribution in [0.5, 0.6) is 0 Å². The largest absolute Gasteiger partial charge is 0.255 e. The van der Waals surface area contributed by atoms with Gasteiger partial charge in [0, 0.05) is 6.20 Å². The molecule has 3 heteroatoms. The van der Waals surface area contributed by atoms with Gasteiger partial charge in [0.1, 0.15) is 0 Å². The molecule has 2 aromatic rings. The average molecular weight is 280 g/mol. The Morgan fingerprint density at radius 2 is 2.13 bits per heavy atom. The monoisotopic (exact) mass is 279 g/mol. The van der Waals surface area contributed by atoms with Gasteiger partial charge in [-0.2, -0.15) is 0 Å². The molecule has 2 aromatic heterocycles. The van der Waals surface area contributed by atoms with Crippen LogP contribution in [0.25, 0.3) is 10.6 Å². The third-order valence-corrected chi connectivity index (χ3v) is 4.46. The maximum atomic E-state index is 4.52. The molecule has 0 fully saturated rings. The first-order valence-electron chi connectivity index (χ1n) is 5.07. The van der Waals surface area contributed by atoms with E-state index in [-0.39, 0.29) is 0 Å². The zero-order valence-corrected chi connectivity index (χ0v) is 10.6. The van der Waals surface area contributed by atoms with E-state index < -0.39 is 0 Å². The number of hydrogen-bond donors (Lipinski definition) is 0. The summed E-state index contributed by atoms with van der Waals surface area (Å²) in [6.07, 6.45) is 5.62. The van der Waals surface area contributed by atoms with Crippen molar-refractivity contribution >= 4 is 27.3 Å². The molecule has 0 atom stereocenters. The Labute approximate surface area is 101 Å². The average Bonchev–Trinajstić information content (AvgIpc) is 2.84. The Balaban J connectivity index is 2.16. The number of thiophene rings is 1. The minimum absolute atomic E-state index is 1.18. The van der Waals surface area contributed by atoms with Crippen LogP contribution in [0, 0.1) is 0 Å². The molecule has 0 saturated carbocycles. The van der Waals surface area contributed by atoms with Crippen molar-refractivity contribution in [2.24, 2.45) is 0 Å². The van der Waals surface area contributed by atoms with E-state index in [4.69, 9.17) is 0 Å². The number of halogens is 1. The van der Waals surface area contributed by atoms with Crippen molar-refractivity contribution in [3.63, 3.8) is 0 Å². The number of fused-ring (bicyclic) bond motifs is 1. The molecule has 0 N–H and O–H groups in total. The molecule has 1 aliphatic carbocycles. The summed E-state index contributed by atoms with van der Waals surface area (Å²) >= 11 is 5.26. The van der Waals surface area contributed by atoms with Gasteiger partial charge in [0.25, 0.3) is 0 Å². The predicted octanol–water partition coefficient (Wildman–Crippen LogP) is 4.06. The maximum Gasteiger partial charge on any atom is 0.0836 e. The lowest BCUT2D eigenvalue weighted by molar-refractivity contribution is 0.912. The molecule has 0 aliphatic heterocycles. The molecule has 1 nitrogen and oxygen atoms in total. The Morgan fingerprint density at radius 1 is 1.20 bits per heavy atom. The molecule has 0 radical (unpaired) electrons. The van der Waals surface area contributed by atoms with Gasteiger partial charge >= 0.3 is 0 Å². The lowest BCUT2D eigenvalue weighted by atomic mass is 10.1. The Morgan fingerprint density at radius 3 is 2.93 bits per heavy atom. The highest BCUT2D eigenvalue weighted by Crippen LogP contribution is 2.35. The molecule has 0 spiro atoms. The van der Waals surface area contributed by atoms with E-state index in [0.29, 0.717) is 0 Å². The normalized spacial score (nSPS) is 14.2. The van der Waals surface area contributed by atoms with E-state index in [2.05, 4.69) is 39.1 Å². The molecular formula is C12H10BrNS. The zero-order chi connectivity index (χ0) is 10.3. The summed E-state index contributed by atoms with van der Waals surface area (Å²) in [6.45, 7) is 0. The fraction of sp³-hybridized carbons (Fsp3) is 0.250. The second-order valence-electron chi connectivity index (χ2n) is 3.75. The van der Waals surface area contributed by atoms with E-state index in [9.17, 15) is 0 Å². The van der Waals surface area contributed by atoms with Gasteiger partial charge in [-0.05, 0) is 64.5 Å². The van der Waals surface area contributed by atoms with Crippen LogP contribution in [0.2, 0.25) is 0 Å². The van der Waals surface area contributed by atoms with Gasteiger partial charge in [-0.15, -0.1) is 11.3 Å². The van der Waals surface area contributed by atoms with Crippen LogP contribution in [0.1, 0.15) is 17.5 Å². The number of hydrogen-bond acceptors (Lipinski definition) is 2. The highest BCUT2D eigenvalue weighted by atomic mass is 79.9. The van der Waals surface area contributed by atoms with Crippen LogP contribution in [0.4, 0.5) is 0 Å². The van der Waals surface area contributed by atoms with E-state index >= 15 is 0 Å². The lowest BCUT2D eigenvalue weighted by Crippen LogP contribution is -1.89. The lowest BCUT2D eigenvalue weighted by Gasteiger charge is -2.04. The number of nitrogens with zero attached hydrogens (tertiary/aromatic N) is 1. The second kappa shape index (κ2) is 3.72. The van der Waals surface area contributed by atoms with E-state index in [1.165, 1.54) is 44.7 Å². The minimum Gasteiger partial charge on any atom is -0.255 e. The molecule has 0 aromatic carbocycles. The van der Waals surface area contributed by atoms with Crippen molar-refractivity contribution in [1.82, 2.24) is 4.98 Å². The molecule has 76 valence electrons. The first-order chi connectivity index (χ1) is 7.34. The smallest absolute Gasteiger partial charge is 0.0836 e. The molecule has 1 aliphatic rings. The van der Waals surface area contributed by atoms with Gasteiger partial charge in [0.05, 0.1) is 14.4 Å². The second-order valence-corrected chi connectivity index (χ2v) is 6.22. The Kier molecular flexibility index (Phi) is 2.37. The predicted molar refractivity (Wildman–Crippen MR) is 67.3 cm³/mol. The van der Waals surface area contributed by atoms with Crippen molar-refractivity contribution < 1.29 is 0 Å². The quantitative estimate of drug-likeness (QED) is 0.767. The van der Waals surface area contributed by atoms with Gasteiger partial charge < -0.3 is 0 Å². The SMILES string of the molecule is Brc1ccc(-c2nccc3c2CCC3)s1. The van der Waals surface area contributed by atoms with Gasteiger partial charge in [0.2, 0.25) is 0 Å². The molecule has 3 rings (SSSR count). The van der Waals surface area contributed by atoms with Crippen molar-refractivity contribution in [2.75, 3.05) is 0 Å². The highest BCUT2D eigenvalue weighted by Gasteiger charge is 2.17. The van der Waals surface area contributed by atoms with Gasteiger partial charge in [-0.25, -0.2) is 0 Å². The van der Waals surface area contributed by atoms with Crippen LogP contribution in [-0.4, -0.2) is 4.98 Å². The summed E-state index contributed by atoms with van der Waals surface area (Å²) in [5, 5.41) is 0. The Hall–Kier alpha value is -0.670.